The van der Waals surface area contributed by atoms with Crippen LogP contribution in [-0.2, 0) is 11.2 Å². The number of anilines is 1. The van der Waals surface area contributed by atoms with Crippen molar-refractivity contribution in [2.75, 3.05) is 11.4 Å². The maximum atomic E-state index is 11.8. The minimum atomic E-state index is -0.0909. The van der Waals surface area contributed by atoms with Gasteiger partial charge in [-0.2, -0.15) is 0 Å². The van der Waals surface area contributed by atoms with Gasteiger partial charge in [-0.15, -0.1) is 4.91 Å². The molecule has 0 aromatic heterocycles. The van der Waals surface area contributed by atoms with Crippen molar-refractivity contribution in [3.05, 3.63) is 59.0 Å². The predicted molar refractivity (Wildman–Crippen MR) is 81.7 cm³/mol. The van der Waals surface area contributed by atoms with E-state index in [-0.39, 0.29) is 11.7 Å². The number of amides is 1. The maximum absolute atomic E-state index is 11.8. The summed E-state index contributed by atoms with van der Waals surface area (Å²) in [5.74, 6) is 0.0342. The molecule has 2 rings (SSSR count). The zero-order valence-corrected chi connectivity index (χ0v) is 11.7. The van der Waals surface area contributed by atoms with E-state index in [1.54, 1.807) is 41.3 Å². The number of phenolic OH excluding ortho intramolecular Hbond substituents is 1. The first-order valence-electron chi connectivity index (χ1n) is 6.59. The fourth-order valence-corrected chi connectivity index (χ4v) is 2.09. The Labute approximate surface area is 122 Å². The molecule has 0 aliphatic rings. The summed E-state index contributed by atoms with van der Waals surface area (Å²) in [6.45, 7) is 1.98. The first kappa shape index (κ1) is 14.7. The molecule has 0 saturated heterocycles. The van der Waals surface area contributed by atoms with Crippen LogP contribution in [0.2, 0.25) is 0 Å². The number of benzene rings is 2. The van der Waals surface area contributed by atoms with Crippen LogP contribution in [0.4, 0.5) is 11.4 Å². The van der Waals surface area contributed by atoms with Crippen LogP contribution in [-0.4, -0.2) is 17.6 Å². The molecule has 5 nitrogen and oxygen atoms in total. The van der Waals surface area contributed by atoms with Crippen molar-refractivity contribution in [3.63, 3.8) is 0 Å². The molecule has 0 radical (unpaired) electrons. The minimum Gasteiger partial charge on any atom is -0.508 e. The van der Waals surface area contributed by atoms with E-state index in [1.807, 2.05) is 12.1 Å². The largest absolute Gasteiger partial charge is 0.508 e. The molecule has 1 N–H and O–H groups in total. The number of nitroso groups, excluding NO2 is 1. The van der Waals surface area contributed by atoms with Gasteiger partial charge in [-0.25, -0.2) is 0 Å². The second-order valence-electron chi connectivity index (χ2n) is 4.70. The quantitative estimate of drug-likeness (QED) is 0.855. The van der Waals surface area contributed by atoms with E-state index < -0.39 is 0 Å². The lowest BCUT2D eigenvalue weighted by Crippen LogP contribution is -2.30. The van der Waals surface area contributed by atoms with Gasteiger partial charge in [-0.1, -0.05) is 18.2 Å². The van der Waals surface area contributed by atoms with Crippen LogP contribution in [0.3, 0.4) is 0 Å². The summed E-state index contributed by atoms with van der Waals surface area (Å²) in [5, 5.41) is 12.4. The number of hydrogen-bond acceptors (Lipinski definition) is 4. The highest BCUT2D eigenvalue weighted by Crippen LogP contribution is 2.21. The normalized spacial score (nSPS) is 10.1. The number of nitrogens with zero attached hydrogens (tertiary/aromatic N) is 2. The lowest BCUT2D eigenvalue weighted by molar-refractivity contribution is -0.116. The van der Waals surface area contributed by atoms with Crippen molar-refractivity contribution in [1.29, 1.82) is 0 Å². The van der Waals surface area contributed by atoms with Crippen LogP contribution in [0.5, 0.6) is 5.75 Å². The van der Waals surface area contributed by atoms with E-state index >= 15 is 0 Å². The Hall–Kier alpha value is -2.69. The Morgan fingerprint density at radius 2 is 1.90 bits per heavy atom. The molecule has 0 fully saturated rings. The summed E-state index contributed by atoms with van der Waals surface area (Å²) in [6, 6.07) is 13.5. The topological polar surface area (TPSA) is 70.0 Å². The van der Waals surface area contributed by atoms with Crippen LogP contribution in [0.1, 0.15) is 12.5 Å². The van der Waals surface area contributed by atoms with Gasteiger partial charge in [-0.3, -0.25) is 4.79 Å². The number of phenols is 1. The van der Waals surface area contributed by atoms with Crippen molar-refractivity contribution < 1.29 is 9.90 Å². The van der Waals surface area contributed by atoms with E-state index in [0.717, 1.165) is 5.56 Å². The van der Waals surface area contributed by atoms with Crippen molar-refractivity contribution in [2.45, 2.75) is 13.3 Å². The Kier molecular flexibility index (Phi) is 4.66. The fraction of sp³-hybridized carbons (Fsp3) is 0.188. The van der Waals surface area contributed by atoms with Crippen LogP contribution in [0.25, 0.3) is 0 Å². The molecule has 108 valence electrons. The summed E-state index contributed by atoms with van der Waals surface area (Å²) in [4.78, 5) is 23.7. The van der Waals surface area contributed by atoms with Crippen molar-refractivity contribution in [2.24, 2.45) is 5.18 Å². The highest BCUT2D eigenvalue weighted by Gasteiger charge is 2.11. The molecule has 5 heteroatoms. The third-order valence-corrected chi connectivity index (χ3v) is 3.19. The highest BCUT2D eigenvalue weighted by atomic mass is 16.3. The van der Waals surface area contributed by atoms with Gasteiger partial charge in [0.05, 0.1) is 0 Å². The van der Waals surface area contributed by atoms with Gasteiger partial charge in [0, 0.05) is 25.2 Å². The monoisotopic (exact) mass is 284 g/mol. The summed E-state index contributed by atoms with van der Waals surface area (Å²) < 4.78 is 0. The Morgan fingerprint density at radius 3 is 2.48 bits per heavy atom. The van der Waals surface area contributed by atoms with Gasteiger partial charge >= 0.3 is 0 Å². The van der Waals surface area contributed by atoms with Gasteiger partial charge in [0.15, 0.2) is 0 Å². The van der Waals surface area contributed by atoms with Gasteiger partial charge in [0.25, 0.3) is 0 Å². The lowest BCUT2D eigenvalue weighted by Gasteiger charge is -2.21. The molecule has 0 atom stereocenters. The molecule has 2 aromatic carbocycles. The number of hydrogen-bond donors (Lipinski definition) is 1. The first-order valence-corrected chi connectivity index (χ1v) is 6.59. The van der Waals surface area contributed by atoms with Crippen molar-refractivity contribution in [3.8, 4) is 5.75 Å². The summed E-state index contributed by atoms with van der Waals surface area (Å²) >= 11 is 0. The molecule has 0 saturated carbocycles. The van der Waals surface area contributed by atoms with E-state index in [1.165, 1.54) is 6.92 Å². The molecule has 0 unspecified atom stereocenters. The number of rotatable bonds is 5. The Balaban J connectivity index is 2.09. The molecular weight excluding hydrogens is 268 g/mol. The van der Waals surface area contributed by atoms with Gasteiger partial charge < -0.3 is 10.0 Å². The molecule has 21 heavy (non-hydrogen) atoms. The molecule has 0 aliphatic heterocycles. The second kappa shape index (κ2) is 6.65. The number of carbonyl (C=O) groups is 1. The van der Waals surface area contributed by atoms with Gasteiger partial charge in [0.1, 0.15) is 11.4 Å². The molecule has 0 spiro atoms. The van der Waals surface area contributed by atoms with Crippen LogP contribution < -0.4 is 4.90 Å². The minimum absolute atomic E-state index is 0.0909. The highest BCUT2D eigenvalue weighted by molar-refractivity contribution is 5.91. The third-order valence-electron chi connectivity index (χ3n) is 3.19. The zero-order chi connectivity index (χ0) is 15.2. The molecule has 1 amide bonds. The van der Waals surface area contributed by atoms with E-state index in [9.17, 15) is 14.8 Å². The van der Waals surface area contributed by atoms with E-state index in [2.05, 4.69) is 5.18 Å². The number of carbonyl (C=O) groups excluding carboxylic acids is 1. The van der Waals surface area contributed by atoms with Crippen molar-refractivity contribution in [1.82, 2.24) is 0 Å². The smallest absolute Gasteiger partial charge is 0.223 e. The summed E-state index contributed by atoms with van der Waals surface area (Å²) in [7, 11) is 0. The SMILES string of the molecule is CC(=O)N(CCc1ccc(N=O)cc1)c1cccc(O)c1. The summed E-state index contributed by atoms with van der Waals surface area (Å²) in [6.07, 6.45) is 0.647. The van der Waals surface area contributed by atoms with Gasteiger partial charge in [0.2, 0.25) is 5.91 Å². The first-order chi connectivity index (χ1) is 10.1. The van der Waals surface area contributed by atoms with E-state index in [0.29, 0.717) is 24.3 Å². The third kappa shape index (κ3) is 3.89. The van der Waals surface area contributed by atoms with Crippen LogP contribution in [0, 0.1) is 4.91 Å². The second-order valence-corrected chi connectivity index (χ2v) is 4.70. The maximum Gasteiger partial charge on any atom is 0.223 e. The average molecular weight is 284 g/mol. The fourth-order valence-electron chi connectivity index (χ4n) is 2.09. The predicted octanol–water partition coefficient (Wildman–Crippen LogP) is 3.39. The van der Waals surface area contributed by atoms with Crippen LogP contribution >= 0.6 is 0 Å². The van der Waals surface area contributed by atoms with Crippen LogP contribution in [0.15, 0.2) is 53.7 Å². The van der Waals surface area contributed by atoms with E-state index in [4.69, 9.17) is 0 Å². The van der Waals surface area contributed by atoms with Gasteiger partial charge in [-0.05, 0) is 41.4 Å². The average Bonchev–Trinajstić information content (AvgIpc) is 2.48. The molecular formula is C16H16N2O3. The standard InChI is InChI=1S/C16H16N2O3/c1-12(19)18(15-3-2-4-16(20)11-15)10-9-13-5-7-14(17-21)8-6-13/h2-8,11,20H,9-10H2,1H3. The lowest BCUT2D eigenvalue weighted by atomic mass is 10.1. The Morgan fingerprint density at radius 1 is 1.19 bits per heavy atom. The van der Waals surface area contributed by atoms with Crippen molar-refractivity contribution >= 4 is 17.3 Å². The summed E-state index contributed by atoms with van der Waals surface area (Å²) in [5.41, 5.74) is 2.05. The Bertz CT molecular complexity index is 638. The zero-order valence-electron chi connectivity index (χ0n) is 11.7. The molecule has 0 heterocycles. The number of aromatic hydroxyl groups is 1. The molecule has 0 bridgehead atoms. The molecule has 0 aliphatic carbocycles. The molecule has 2 aromatic rings.